The molecule has 0 fully saturated rings. The first-order chi connectivity index (χ1) is 15.7. The third-order valence-corrected chi connectivity index (χ3v) is 6.91. The van der Waals surface area contributed by atoms with Gasteiger partial charge in [-0.15, -0.1) is 11.3 Å². The molecule has 0 bridgehead atoms. The molecule has 0 saturated heterocycles. The molecule has 1 amide bonds. The SMILES string of the molecule is COc1ccc(-c2nc(CC(=O)N[C@H]3CCCc4c3[nH]c3ccccc43)cs2)cc1OC. The number of ether oxygens (including phenoxy) is 2. The third kappa shape index (κ3) is 3.84. The van der Waals surface area contributed by atoms with Crippen LogP contribution in [0.4, 0.5) is 0 Å². The minimum absolute atomic E-state index is 0.00864. The van der Waals surface area contributed by atoms with Crippen molar-refractivity contribution in [2.24, 2.45) is 0 Å². The summed E-state index contributed by atoms with van der Waals surface area (Å²) in [6.07, 6.45) is 3.32. The molecule has 2 heterocycles. The van der Waals surface area contributed by atoms with Crippen molar-refractivity contribution in [2.75, 3.05) is 14.2 Å². The van der Waals surface area contributed by atoms with Gasteiger partial charge in [-0.25, -0.2) is 4.98 Å². The maximum Gasteiger partial charge on any atom is 0.226 e. The molecule has 2 aromatic carbocycles. The molecule has 2 aromatic heterocycles. The van der Waals surface area contributed by atoms with Gasteiger partial charge in [0.1, 0.15) is 5.01 Å². The van der Waals surface area contributed by atoms with Gasteiger partial charge >= 0.3 is 0 Å². The van der Waals surface area contributed by atoms with Crippen LogP contribution in [0.3, 0.4) is 0 Å². The van der Waals surface area contributed by atoms with Crippen molar-refractivity contribution in [3.63, 3.8) is 0 Å². The van der Waals surface area contributed by atoms with E-state index in [1.165, 1.54) is 22.3 Å². The van der Waals surface area contributed by atoms with E-state index >= 15 is 0 Å². The van der Waals surface area contributed by atoms with Crippen molar-refractivity contribution in [1.29, 1.82) is 0 Å². The number of nitrogens with zero attached hydrogens (tertiary/aromatic N) is 1. The van der Waals surface area contributed by atoms with Gasteiger partial charge in [-0.2, -0.15) is 0 Å². The normalized spacial score (nSPS) is 15.4. The maximum absolute atomic E-state index is 12.8. The molecule has 6 nitrogen and oxygen atoms in total. The first-order valence-electron chi connectivity index (χ1n) is 10.7. The molecule has 1 aliphatic carbocycles. The number of methoxy groups -OCH3 is 2. The standard InChI is InChI=1S/C25H25N3O3S/c1-30-21-11-10-15(12-22(21)31-2)25-26-16(14-32-25)13-23(29)27-20-9-5-7-18-17-6-3-4-8-19(17)28-24(18)20/h3-4,6,8,10-12,14,20,28H,5,7,9,13H2,1-2H3,(H,27,29)/t20-/m0/s1. The summed E-state index contributed by atoms with van der Waals surface area (Å²) in [6.45, 7) is 0. The molecule has 32 heavy (non-hydrogen) atoms. The second-order valence-electron chi connectivity index (χ2n) is 7.97. The summed E-state index contributed by atoms with van der Waals surface area (Å²) in [5.41, 5.74) is 5.33. The smallest absolute Gasteiger partial charge is 0.226 e. The van der Waals surface area contributed by atoms with Gasteiger partial charge in [0.05, 0.1) is 32.4 Å². The highest BCUT2D eigenvalue weighted by atomic mass is 32.1. The van der Waals surface area contributed by atoms with Crippen molar-refractivity contribution in [3.8, 4) is 22.1 Å². The van der Waals surface area contributed by atoms with Crippen LogP contribution in [-0.4, -0.2) is 30.1 Å². The van der Waals surface area contributed by atoms with Crippen LogP contribution in [0.5, 0.6) is 11.5 Å². The highest BCUT2D eigenvalue weighted by molar-refractivity contribution is 7.13. The van der Waals surface area contributed by atoms with Crippen LogP contribution < -0.4 is 14.8 Å². The third-order valence-electron chi connectivity index (χ3n) is 5.97. The van der Waals surface area contributed by atoms with E-state index in [1.807, 2.05) is 29.6 Å². The zero-order chi connectivity index (χ0) is 22.1. The zero-order valence-electron chi connectivity index (χ0n) is 18.1. The first kappa shape index (κ1) is 20.6. The average molecular weight is 448 g/mol. The maximum atomic E-state index is 12.8. The van der Waals surface area contributed by atoms with Crippen LogP contribution in [0, 0.1) is 0 Å². The lowest BCUT2D eigenvalue weighted by atomic mass is 9.91. The van der Waals surface area contributed by atoms with Crippen molar-refractivity contribution in [2.45, 2.75) is 31.7 Å². The Hall–Kier alpha value is -3.32. The zero-order valence-corrected chi connectivity index (χ0v) is 18.9. The van der Waals surface area contributed by atoms with Crippen LogP contribution in [0.25, 0.3) is 21.5 Å². The fraction of sp³-hybridized carbons (Fsp3) is 0.280. The van der Waals surface area contributed by atoms with Gasteiger partial charge in [0, 0.05) is 27.5 Å². The van der Waals surface area contributed by atoms with E-state index in [-0.39, 0.29) is 18.4 Å². The molecule has 0 radical (unpaired) electrons. The van der Waals surface area contributed by atoms with Gasteiger partial charge in [-0.3, -0.25) is 4.79 Å². The van der Waals surface area contributed by atoms with Gasteiger partial charge in [0.15, 0.2) is 11.5 Å². The van der Waals surface area contributed by atoms with E-state index in [0.29, 0.717) is 11.5 Å². The van der Waals surface area contributed by atoms with Crippen molar-refractivity contribution in [1.82, 2.24) is 15.3 Å². The molecule has 7 heteroatoms. The second-order valence-corrected chi connectivity index (χ2v) is 8.82. The minimum atomic E-state index is -0.00864. The number of para-hydroxylation sites is 1. The number of hydrogen-bond donors (Lipinski definition) is 2. The lowest BCUT2D eigenvalue weighted by molar-refractivity contribution is -0.121. The number of fused-ring (bicyclic) bond motifs is 3. The number of aromatic nitrogens is 2. The fourth-order valence-electron chi connectivity index (χ4n) is 4.46. The lowest BCUT2D eigenvalue weighted by Gasteiger charge is -2.23. The van der Waals surface area contributed by atoms with Crippen LogP contribution in [0.15, 0.2) is 47.8 Å². The number of aryl methyl sites for hydroxylation is 1. The predicted molar refractivity (Wildman–Crippen MR) is 126 cm³/mol. The molecule has 0 unspecified atom stereocenters. The summed E-state index contributed by atoms with van der Waals surface area (Å²) in [4.78, 5) is 21.0. The minimum Gasteiger partial charge on any atom is -0.493 e. The number of carbonyl (C=O) groups excluding carboxylic acids is 1. The van der Waals surface area contributed by atoms with Crippen molar-refractivity contribution in [3.05, 3.63) is 64.8 Å². The largest absolute Gasteiger partial charge is 0.493 e. The Morgan fingerprint density at radius 2 is 2.03 bits per heavy atom. The van der Waals surface area contributed by atoms with Crippen LogP contribution in [-0.2, 0) is 17.6 Å². The molecular formula is C25H25N3O3S. The Kier molecular flexibility index (Phi) is 5.57. The summed E-state index contributed by atoms with van der Waals surface area (Å²) < 4.78 is 10.7. The van der Waals surface area contributed by atoms with Crippen molar-refractivity contribution >= 4 is 28.1 Å². The van der Waals surface area contributed by atoms with E-state index < -0.39 is 0 Å². The molecule has 2 N–H and O–H groups in total. The van der Waals surface area contributed by atoms with Gasteiger partial charge in [-0.05, 0) is 49.1 Å². The predicted octanol–water partition coefficient (Wildman–Crippen LogP) is 5.04. The molecule has 0 saturated carbocycles. The van der Waals surface area contributed by atoms with E-state index in [1.54, 1.807) is 14.2 Å². The Morgan fingerprint density at radius 3 is 2.88 bits per heavy atom. The van der Waals surface area contributed by atoms with E-state index in [0.717, 1.165) is 46.7 Å². The van der Waals surface area contributed by atoms with Crippen molar-refractivity contribution < 1.29 is 14.3 Å². The lowest BCUT2D eigenvalue weighted by Crippen LogP contribution is -2.32. The molecule has 4 aromatic rings. The summed E-state index contributed by atoms with van der Waals surface area (Å²) in [6, 6.07) is 14.1. The topological polar surface area (TPSA) is 76.2 Å². The highest BCUT2D eigenvalue weighted by Crippen LogP contribution is 2.35. The molecule has 0 aliphatic heterocycles. The number of benzene rings is 2. The quantitative estimate of drug-likeness (QED) is 0.434. The number of thiazole rings is 1. The molecule has 0 spiro atoms. The van der Waals surface area contributed by atoms with Gasteiger partial charge in [0.2, 0.25) is 5.91 Å². The van der Waals surface area contributed by atoms with Gasteiger partial charge < -0.3 is 19.8 Å². The summed E-state index contributed by atoms with van der Waals surface area (Å²) in [5.74, 6) is 1.33. The molecular weight excluding hydrogens is 422 g/mol. The number of H-pyrrole nitrogens is 1. The number of rotatable bonds is 6. The van der Waals surface area contributed by atoms with E-state index in [9.17, 15) is 4.79 Å². The summed E-state index contributed by atoms with van der Waals surface area (Å²) in [5, 5.41) is 7.29. The molecule has 5 rings (SSSR count). The number of hydrogen-bond acceptors (Lipinski definition) is 5. The number of nitrogens with one attached hydrogen (secondary N) is 2. The Bertz CT molecular complexity index is 1280. The first-order valence-corrected chi connectivity index (χ1v) is 11.6. The molecule has 1 aliphatic rings. The summed E-state index contributed by atoms with van der Waals surface area (Å²) >= 11 is 1.52. The van der Waals surface area contributed by atoms with Gasteiger partial charge in [0.25, 0.3) is 0 Å². The Morgan fingerprint density at radius 1 is 1.19 bits per heavy atom. The van der Waals surface area contributed by atoms with Gasteiger partial charge in [-0.1, -0.05) is 18.2 Å². The summed E-state index contributed by atoms with van der Waals surface area (Å²) in [7, 11) is 3.23. The fourth-order valence-corrected chi connectivity index (χ4v) is 5.28. The second kappa shape index (κ2) is 8.67. The Balaban J connectivity index is 1.30. The number of carbonyl (C=O) groups is 1. The van der Waals surface area contributed by atoms with E-state index in [2.05, 4.69) is 33.5 Å². The van der Waals surface area contributed by atoms with Crippen LogP contribution in [0.2, 0.25) is 0 Å². The molecule has 164 valence electrons. The number of amides is 1. The molecule has 1 atom stereocenters. The highest BCUT2D eigenvalue weighted by Gasteiger charge is 2.25. The van der Waals surface area contributed by atoms with Crippen LogP contribution in [0.1, 0.15) is 35.8 Å². The van der Waals surface area contributed by atoms with E-state index in [4.69, 9.17) is 9.47 Å². The average Bonchev–Trinajstić information content (AvgIpc) is 3.44. The monoisotopic (exact) mass is 447 g/mol. The Labute approximate surface area is 190 Å². The van der Waals surface area contributed by atoms with Crippen LogP contribution >= 0.6 is 11.3 Å². The number of aromatic amines is 1.